The molecule has 2 aromatic rings. The summed E-state index contributed by atoms with van der Waals surface area (Å²) in [5.41, 5.74) is 2.12. The number of para-hydroxylation sites is 2. The maximum Gasteiger partial charge on any atom is 0.319 e. The third-order valence-corrected chi connectivity index (χ3v) is 4.59. The van der Waals surface area contributed by atoms with Gasteiger partial charge in [0.05, 0.1) is 11.0 Å². The number of likely N-dealkylation sites (tertiary alicyclic amines) is 1. The van der Waals surface area contributed by atoms with Crippen LogP contribution in [0.5, 0.6) is 0 Å². The van der Waals surface area contributed by atoms with Crippen LogP contribution in [0.1, 0.15) is 38.4 Å². The second kappa shape index (κ2) is 6.38. The number of urea groups is 1. The number of aromatic amines is 1. The minimum atomic E-state index is 0.174. The molecule has 1 aliphatic heterocycles. The van der Waals surface area contributed by atoms with Crippen molar-refractivity contribution in [2.24, 2.45) is 0 Å². The first-order valence-corrected chi connectivity index (χ1v) is 8.21. The van der Waals surface area contributed by atoms with Crippen molar-refractivity contribution in [3.05, 3.63) is 30.1 Å². The Morgan fingerprint density at radius 3 is 2.59 bits per heavy atom. The quantitative estimate of drug-likeness (QED) is 0.946. The zero-order valence-electron chi connectivity index (χ0n) is 13.4. The summed E-state index contributed by atoms with van der Waals surface area (Å²) >= 11 is 0. The van der Waals surface area contributed by atoms with E-state index in [0.717, 1.165) is 55.9 Å². The molecular formula is C17H24N4O. The van der Waals surface area contributed by atoms with Crippen LogP contribution >= 0.6 is 0 Å². The van der Waals surface area contributed by atoms with E-state index in [1.807, 2.05) is 41.8 Å². The first-order valence-electron chi connectivity index (χ1n) is 8.21. The third-order valence-electron chi connectivity index (χ3n) is 4.59. The van der Waals surface area contributed by atoms with E-state index >= 15 is 0 Å². The normalized spacial score (nSPS) is 16.2. The highest BCUT2D eigenvalue weighted by Gasteiger charge is 2.27. The molecule has 5 heteroatoms. The lowest BCUT2D eigenvalue weighted by molar-refractivity contribution is 0.143. The van der Waals surface area contributed by atoms with Gasteiger partial charge in [-0.15, -0.1) is 0 Å². The second-order valence-electron chi connectivity index (χ2n) is 5.86. The van der Waals surface area contributed by atoms with E-state index in [1.54, 1.807) is 0 Å². The van der Waals surface area contributed by atoms with Crippen LogP contribution in [0, 0.1) is 0 Å². The molecule has 0 unspecified atom stereocenters. The smallest absolute Gasteiger partial charge is 0.319 e. The maximum absolute atomic E-state index is 12.4. The molecule has 0 bridgehead atoms. The molecule has 0 atom stereocenters. The monoisotopic (exact) mass is 300 g/mol. The lowest BCUT2D eigenvalue weighted by atomic mass is 9.96. The number of hydrogen-bond acceptors (Lipinski definition) is 2. The van der Waals surface area contributed by atoms with Crippen LogP contribution in [-0.4, -0.2) is 52.0 Å². The van der Waals surface area contributed by atoms with E-state index < -0.39 is 0 Å². The molecule has 1 aliphatic rings. The van der Waals surface area contributed by atoms with E-state index in [-0.39, 0.29) is 6.03 Å². The lowest BCUT2D eigenvalue weighted by Crippen LogP contribution is -2.46. The number of nitrogens with zero attached hydrogens (tertiary/aromatic N) is 3. The Bertz CT molecular complexity index is 606. The largest absolute Gasteiger partial charge is 0.342 e. The summed E-state index contributed by atoms with van der Waals surface area (Å²) in [7, 11) is 0. The predicted octanol–water partition coefficient (Wildman–Crippen LogP) is 3.20. The fraction of sp³-hybridized carbons (Fsp3) is 0.529. The number of carbonyl (C=O) groups is 1. The zero-order valence-corrected chi connectivity index (χ0v) is 13.4. The Hall–Kier alpha value is -2.04. The topological polar surface area (TPSA) is 52.2 Å². The number of H-pyrrole nitrogens is 1. The van der Waals surface area contributed by atoms with Gasteiger partial charge in [0.15, 0.2) is 0 Å². The minimum absolute atomic E-state index is 0.174. The minimum Gasteiger partial charge on any atom is -0.342 e. The van der Waals surface area contributed by atoms with Crippen molar-refractivity contribution in [2.45, 2.75) is 32.6 Å². The molecule has 1 fully saturated rings. The number of benzene rings is 1. The maximum atomic E-state index is 12.4. The standard InChI is InChI=1S/C17H24N4O/c1-3-20(4-2)17(22)21-11-9-13(10-12-21)16-18-14-7-5-6-8-15(14)19-16/h5-8,13H,3-4,9-12H2,1-2H3,(H,18,19). The number of aromatic nitrogens is 2. The fourth-order valence-electron chi connectivity index (χ4n) is 3.20. The summed E-state index contributed by atoms with van der Waals surface area (Å²) in [5.74, 6) is 1.49. The van der Waals surface area contributed by atoms with Gasteiger partial charge >= 0.3 is 6.03 Å². The molecule has 3 rings (SSSR count). The Kier molecular flexibility index (Phi) is 4.32. The molecule has 0 spiro atoms. The van der Waals surface area contributed by atoms with Gasteiger partial charge in [-0.2, -0.15) is 0 Å². The second-order valence-corrected chi connectivity index (χ2v) is 5.86. The number of imidazole rings is 1. The van der Waals surface area contributed by atoms with Gasteiger partial charge in [0.25, 0.3) is 0 Å². The van der Waals surface area contributed by atoms with Crippen molar-refractivity contribution >= 4 is 17.1 Å². The van der Waals surface area contributed by atoms with Crippen LogP contribution in [0.3, 0.4) is 0 Å². The molecule has 22 heavy (non-hydrogen) atoms. The van der Waals surface area contributed by atoms with Gasteiger partial charge in [-0.05, 0) is 38.8 Å². The third kappa shape index (κ3) is 2.80. The van der Waals surface area contributed by atoms with Crippen LogP contribution in [0.15, 0.2) is 24.3 Å². The molecular weight excluding hydrogens is 276 g/mol. The van der Waals surface area contributed by atoms with Gasteiger partial charge in [0, 0.05) is 32.1 Å². The first kappa shape index (κ1) is 14.9. The average molecular weight is 300 g/mol. The van der Waals surface area contributed by atoms with Crippen LogP contribution in [0.2, 0.25) is 0 Å². The van der Waals surface area contributed by atoms with Crippen LogP contribution in [0.4, 0.5) is 4.79 Å². The Morgan fingerprint density at radius 1 is 1.27 bits per heavy atom. The van der Waals surface area contributed by atoms with Crippen molar-refractivity contribution < 1.29 is 4.79 Å². The summed E-state index contributed by atoms with van der Waals surface area (Å²) in [6.45, 7) is 7.25. The summed E-state index contributed by atoms with van der Waals surface area (Å²) in [4.78, 5) is 24.4. The highest BCUT2D eigenvalue weighted by atomic mass is 16.2. The van der Waals surface area contributed by atoms with Gasteiger partial charge in [0.1, 0.15) is 5.82 Å². The molecule has 2 heterocycles. The van der Waals surface area contributed by atoms with E-state index in [1.165, 1.54) is 0 Å². The fourth-order valence-corrected chi connectivity index (χ4v) is 3.20. The van der Waals surface area contributed by atoms with Crippen molar-refractivity contribution in [3.63, 3.8) is 0 Å². The number of fused-ring (bicyclic) bond motifs is 1. The lowest BCUT2D eigenvalue weighted by Gasteiger charge is -2.34. The molecule has 0 saturated carbocycles. The summed E-state index contributed by atoms with van der Waals surface area (Å²) in [6.07, 6.45) is 1.96. The Morgan fingerprint density at radius 2 is 1.95 bits per heavy atom. The SMILES string of the molecule is CCN(CC)C(=O)N1CCC(c2nc3ccccc3[nH]2)CC1. The number of piperidine rings is 1. The molecule has 118 valence electrons. The van der Waals surface area contributed by atoms with Gasteiger partial charge in [-0.25, -0.2) is 9.78 Å². The van der Waals surface area contributed by atoms with Crippen molar-refractivity contribution in [1.29, 1.82) is 0 Å². The van der Waals surface area contributed by atoms with Gasteiger partial charge in [0.2, 0.25) is 0 Å². The molecule has 1 N–H and O–H groups in total. The predicted molar refractivity (Wildman–Crippen MR) is 88.0 cm³/mol. The summed E-state index contributed by atoms with van der Waals surface area (Å²) in [5, 5.41) is 0. The highest BCUT2D eigenvalue weighted by Crippen LogP contribution is 2.28. The number of nitrogens with one attached hydrogen (secondary N) is 1. The van der Waals surface area contributed by atoms with Crippen LogP contribution in [0.25, 0.3) is 11.0 Å². The number of carbonyl (C=O) groups excluding carboxylic acids is 1. The van der Waals surface area contributed by atoms with Crippen LogP contribution < -0.4 is 0 Å². The summed E-state index contributed by atoms with van der Waals surface area (Å²) in [6, 6.07) is 8.31. The highest BCUT2D eigenvalue weighted by molar-refractivity contribution is 5.75. The molecule has 0 aliphatic carbocycles. The number of rotatable bonds is 3. The van der Waals surface area contributed by atoms with E-state index in [9.17, 15) is 4.79 Å². The molecule has 1 saturated heterocycles. The van der Waals surface area contributed by atoms with Crippen LogP contribution in [-0.2, 0) is 0 Å². The van der Waals surface area contributed by atoms with E-state index in [2.05, 4.69) is 11.1 Å². The van der Waals surface area contributed by atoms with Gasteiger partial charge < -0.3 is 14.8 Å². The Balaban J connectivity index is 1.65. The van der Waals surface area contributed by atoms with E-state index in [4.69, 9.17) is 4.98 Å². The molecule has 0 radical (unpaired) electrons. The number of amides is 2. The molecule has 2 amide bonds. The average Bonchev–Trinajstić information content (AvgIpc) is 3.00. The zero-order chi connectivity index (χ0) is 15.5. The van der Waals surface area contributed by atoms with Crippen molar-refractivity contribution in [2.75, 3.05) is 26.2 Å². The molecule has 5 nitrogen and oxygen atoms in total. The summed E-state index contributed by atoms with van der Waals surface area (Å²) < 4.78 is 0. The molecule has 1 aromatic carbocycles. The molecule has 1 aromatic heterocycles. The van der Waals surface area contributed by atoms with Gasteiger partial charge in [-0.3, -0.25) is 0 Å². The van der Waals surface area contributed by atoms with Gasteiger partial charge in [-0.1, -0.05) is 12.1 Å². The van der Waals surface area contributed by atoms with E-state index in [0.29, 0.717) is 5.92 Å². The number of hydrogen-bond donors (Lipinski definition) is 1. The van der Waals surface area contributed by atoms with Crippen molar-refractivity contribution in [3.8, 4) is 0 Å². The Labute approximate surface area is 131 Å². The first-order chi connectivity index (χ1) is 10.7. The van der Waals surface area contributed by atoms with Crippen molar-refractivity contribution in [1.82, 2.24) is 19.8 Å².